The lowest BCUT2D eigenvalue weighted by molar-refractivity contribution is -0.438. The molecule has 4 aromatic carbocycles. The summed E-state index contributed by atoms with van der Waals surface area (Å²) in [7, 11) is -24.5. The Morgan fingerprint density at radius 1 is 0.636 bits per heavy atom. The molecule has 0 aromatic heterocycles. The maximum absolute atomic E-state index is 12.9. The molecule has 0 fully saturated rings. The number of carboxylic acids is 2. The Balaban J connectivity index is 1.67. The third-order valence-electron chi connectivity index (χ3n) is 13.7. The molecule has 2 unspecified atom stereocenters. The van der Waals surface area contributed by atoms with Crippen LogP contribution in [0, 0.1) is 0 Å². The summed E-state index contributed by atoms with van der Waals surface area (Å²) in [6.45, 7) is 3.68. The highest BCUT2D eigenvalue weighted by Gasteiger charge is 2.50. The van der Waals surface area contributed by atoms with Crippen LogP contribution < -0.4 is 4.90 Å². The monoisotopic (exact) mass is 1190 g/mol. The number of carboxylic acid groups (broad SMARTS) is 2. The van der Waals surface area contributed by atoms with Gasteiger partial charge in [-0.1, -0.05) is 23.6 Å². The van der Waals surface area contributed by atoms with Crippen LogP contribution >= 0.6 is 12.0 Å². The number of rotatable bonds is 28. The Morgan fingerprint density at radius 2 is 1.18 bits per heavy atom. The van der Waals surface area contributed by atoms with E-state index in [2.05, 4.69) is 9.37 Å². The Bertz CT molecular complexity index is 3670. The number of anilines is 1. The van der Waals surface area contributed by atoms with Crippen LogP contribution in [0.25, 0.3) is 21.5 Å². The van der Waals surface area contributed by atoms with Crippen LogP contribution in [0.4, 0.5) is 11.4 Å². The van der Waals surface area contributed by atoms with Gasteiger partial charge in [0, 0.05) is 70.6 Å². The minimum absolute atomic E-state index is 0.0401. The van der Waals surface area contributed by atoms with Gasteiger partial charge in [-0.05, 0) is 129 Å². The molecule has 2 heterocycles. The minimum atomic E-state index is -5.20. The van der Waals surface area contributed by atoms with Gasteiger partial charge in [0.15, 0.2) is 5.71 Å². The summed E-state index contributed by atoms with van der Waals surface area (Å²) >= 11 is 0.401. The molecule has 2 aliphatic rings. The summed E-state index contributed by atoms with van der Waals surface area (Å²) in [5, 5.41) is 31.8. The number of aliphatic carboxylic acids is 2. The average Bonchev–Trinajstić information content (AvgIpc) is 3.75. The summed E-state index contributed by atoms with van der Waals surface area (Å²) in [6, 6.07) is 9.94. The molecular weight excluding hydrogens is 1140 g/mol. The molecule has 2 atom stereocenters. The molecule has 4 aromatic rings. The van der Waals surface area contributed by atoms with E-state index in [1.165, 1.54) is 18.2 Å². The zero-order valence-corrected chi connectivity index (χ0v) is 46.2. The van der Waals surface area contributed by atoms with E-state index in [0.29, 0.717) is 77.5 Å². The number of unbranched alkanes of at least 4 members (excludes halogenated alkanes) is 4. The predicted octanol–water partition coefficient (Wildman–Crippen LogP) is 7.36. The van der Waals surface area contributed by atoms with E-state index in [1.54, 1.807) is 48.8 Å². The highest BCUT2D eigenvalue weighted by atomic mass is 32.2. The fourth-order valence-corrected chi connectivity index (χ4v) is 14.0. The molecule has 0 aliphatic carbocycles. The molecule has 0 bridgehead atoms. The maximum Gasteiger partial charge on any atom is 0.303 e. The summed E-state index contributed by atoms with van der Waals surface area (Å²) in [4.78, 5) is 22.4. The summed E-state index contributed by atoms with van der Waals surface area (Å²) in [5.41, 5.74) is -0.558. The molecule has 0 radical (unpaired) electrons. The van der Waals surface area contributed by atoms with Crippen LogP contribution in [0.3, 0.4) is 0 Å². The van der Waals surface area contributed by atoms with Crippen LogP contribution in [0.2, 0.25) is 0 Å². The molecule has 6 rings (SSSR count). The molecule has 0 spiro atoms. The molecular formula is C47H57N2O22S6+. The van der Waals surface area contributed by atoms with E-state index >= 15 is 0 Å². The van der Waals surface area contributed by atoms with Gasteiger partial charge in [-0.2, -0.15) is 46.7 Å². The third kappa shape index (κ3) is 14.5. The molecule has 0 saturated carbocycles. The number of hydrogen-bond donors (Lipinski definition) is 8. The van der Waals surface area contributed by atoms with Crippen molar-refractivity contribution < 1.29 is 104 Å². The Hall–Kier alpha value is -4.93. The largest absolute Gasteiger partial charge is 0.481 e. The number of fused-ring (bicyclic) bond motifs is 6. The first-order chi connectivity index (χ1) is 35.7. The van der Waals surface area contributed by atoms with Crippen LogP contribution in [-0.4, -0.2) is 127 Å². The van der Waals surface area contributed by atoms with Crippen LogP contribution in [0.5, 0.6) is 0 Å². The van der Waals surface area contributed by atoms with E-state index < -0.39 is 99.6 Å². The minimum Gasteiger partial charge on any atom is -0.481 e. The molecule has 24 nitrogen and oxygen atoms in total. The van der Waals surface area contributed by atoms with E-state index in [-0.39, 0.29) is 91.1 Å². The van der Waals surface area contributed by atoms with Gasteiger partial charge in [0.2, 0.25) is 5.69 Å². The van der Waals surface area contributed by atoms with Crippen LogP contribution in [0.15, 0.2) is 92.0 Å². The lowest BCUT2D eigenvalue weighted by atomic mass is 9.74. The molecule has 0 saturated heterocycles. The van der Waals surface area contributed by atoms with Crippen molar-refractivity contribution in [3.63, 3.8) is 0 Å². The first-order valence-electron chi connectivity index (χ1n) is 23.7. The first-order valence-corrected chi connectivity index (χ1v) is 31.9. The standard InChI is InChI=1S/C47H56N2O22S6/c1-46(20-10-24-73(55,56)57)40(48(22-7-3-5-14-42(50)51)36-18-16-32-34(44(36)46)26-30(75(61,62)63)28-38(32)72-71-70-54)12-9-13-41-47(2,21-11-25-74(58,59)60)45-35-27-31(76(64,65)66)29-39(77(67,68)69)33(35)17-19-37(45)49(41)23-8-4-6-15-43(52)53/h9,12-13,16-19,26-29H,3-8,10-11,14-15,20-25H2,1-2H3,(H7-,50,51,52,53,54,55,56,57,58,59,60,61,62,63,64,65,66,67,68,69)/p+1. The van der Waals surface area contributed by atoms with E-state index in [9.17, 15) is 84.7 Å². The Kier molecular flexibility index (Phi) is 18.9. The van der Waals surface area contributed by atoms with Crippen molar-refractivity contribution in [3.05, 3.63) is 83.6 Å². The van der Waals surface area contributed by atoms with Crippen molar-refractivity contribution in [3.8, 4) is 0 Å². The molecule has 422 valence electrons. The fourth-order valence-electron chi connectivity index (χ4n) is 10.5. The number of nitrogens with zero attached hydrogens (tertiary/aromatic N) is 2. The second kappa shape index (κ2) is 23.8. The van der Waals surface area contributed by atoms with Crippen molar-refractivity contribution in [1.29, 1.82) is 0 Å². The first kappa shape index (κ1) is 61.3. The van der Waals surface area contributed by atoms with E-state index in [0.717, 1.165) is 12.1 Å². The average molecular weight is 1190 g/mol. The summed E-state index contributed by atoms with van der Waals surface area (Å²) in [6.07, 6.45) is 5.99. The van der Waals surface area contributed by atoms with Gasteiger partial charge in [0.05, 0.1) is 38.8 Å². The summed E-state index contributed by atoms with van der Waals surface area (Å²) < 4.78 is 183. The SMILES string of the molecule is CC1(CCCS(=O)(=O)O)C(/C=C/C=C2/N(CCCCCC(=O)O)c3ccc4c(SOOO)cc(S(=O)(=O)O)cc4c3C2(C)CCCS(=O)(=O)O)=[N+](CCCCCC(=O)O)c2ccc3c(S(=O)(=O)O)cc(S(=O)(=O)O)cc3c21. The smallest absolute Gasteiger partial charge is 0.303 e. The van der Waals surface area contributed by atoms with Gasteiger partial charge >= 0.3 is 11.9 Å². The predicted molar refractivity (Wildman–Crippen MR) is 281 cm³/mol. The van der Waals surface area contributed by atoms with E-state index in [1.807, 2.05) is 4.90 Å². The van der Waals surface area contributed by atoms with Gasteiger partial charge in [-0.25, -0.2) is 5.26 Å². The third-order valence-corrected chi connectivity index (χ3v) is 18.5. The second-order valence-electron chi connectivity index (χ2n) is 19.1. The van der Waals surface area contributed by atoms with Gasteiger partial charge in [0.25, 0.3) is 50.6 Å². The second-order valence-corrected chi connectivity index (χ2v) is 27.2. The number of hydrogen-bond acceptors (Lipinski definition) is 17. The highest BCUT2D eigenvalue weighted by Crippen LogP contribution is 2.55. The van der Waals surface area contributed by atoms with Gasteiger partial charge in [0.1, 0.15) is 11.4 Å². The Morgan fingerprint density at radius 3 is 1.73 bits per heavy atom. The molecule has 0 amide bonds. The molecule has 2 aliphatic heterocycles. The zero-order valence-electron chi connectivity index (χ0n) is 41.3. The molecule has 77 heavy (non-hydrogen) atoms. The fraction of sp³-hybridized carbons (Fsp3) is 0.426. The van der Waals surface area contributed by atoms with Crippen molar-refractivity contribution in [2.75, 3.05) is 29.5 Å². The highest BCUT2D eigenvalue weighted by molar-refractivity contribution is 7.95. The quantitative estimate of drug-likeness (QED) is 0.00687. The van der Waals surface area contributed by atoms with Crippen molar-refractivity contribution in [2.24, 2.45) is 0 Å². The maximum atomic E-state index is 12.9. The van der Waals surface area contributed by atoms with Crippen molar-refractivity contribution in [1.82, 2.24) is 0 Å². The van der Waals surface area contributed by atoms with Gasteiger partial charge in [-0.3, -0.25) is 32.4 Å². The topological polar surface area (TPSA) is 391 Å². The van der Waals surface area contributed by atoms with Crippen LogP contribution in [-0.2, 0) is 80.4 Å². The molecule has 30 heteroatoms. The number of benzene rings is 4. The number of allylic oxidation sites excluding steroid dienone is 4. The van der Waals surface area contributed by atoms with Crippen molar-refractivity contribution in [2.45, 2.75) is 121 Å². The number of carbonyl (C=O) groups is 2. The van der Waals surface area contributed by atoms with Crippen molar-refractivity contribution >= 4 is 113 Å². The summed E-state index contributed by atoms with van der Waals surface area (Å²) in [5.74, 6) is -3.53. The van der Waals surface area contributed by atoms with Gasteiger partial charge in [-0.15, -0.1) is 4.33 Å². The molecule has 8 N–H and O–H groups in total. The normalized spacial score (nSPS) is 18.8. The lowest BCUT2D eigenvalue weighted by Crippen LogP contribution is -2.32. The van der Waals surface area contributed by atoms with Gasteiger partial charge < -0.3 is 15.1 Å². The Labute approximate surface area is 448 Å². The lowest BCUT2D eigenvalue weighted by Gasteiger charge is -2.31. The zero-order chi connectivity index (χ0) is 57.1. The van der Waals surface area contributed by atoms with E-state index in [4.69, 9.17) is 5.26 Å². The van der Waals surface area contributed by atoms with Crippen LogP contribution in [0.1, 0.15) is 102 Å².